The van der Waals surface area contributed by atoms with Crippen molar-refractivity contribution >= 4 is 10.0 Å². The van der Waals surface area contributed by atoms with Crippen LogP contribution in [-0.4, -0.2) is 8.42 Å². The summed E-state index contributed by atoms with van der Waals surface area (Å²) in [6.07, 6.45) is 0. The fourth-order valence-corrected chi connectivity index (χ4v) is 2.87. The van der Waals surface area contributed by atoms with Crippen LogP contribution in [-0.2, 0) is 10.0 Å². The van der Waals surface area contributed by atoms with Gasteiger partial charge in [-0.05, 0) is 24.1 Å². The maximum Gasteiger partial charge on any atom is 0.238 e. The largest absolute Gasteiger partial charge is 0.324 e. The molecular weight excluding hydrogens is 260 g/mol. The molecule has 0 spiro atoms. The molecule has 0 saturated carbocycles. The van der Waals surface area contributed by atoms with Crippen molar-refractivity contribution in [2.75, 3.05) is 0 Å². The lowest BCUT2D eigenvalue weighted by Gasteiger charge is -2.16. The molecule has 1 unspecified atom stereocenters. The summed E-state index contributed by atoms with van der Waals surface area (Å²) in [6, 6.07) is 14.0. The molecule has 0 fully saturated rings. The summed E-state index contributed by atoms with van der Waals surface area (Å²) >= 11 is 0. The van der Waals surface area contributed by atoms with E-state index in [1.54, 1.807) is 6.07 Å². The average molecular weight is 276 g/mol. The second kappa shape index (κ2) is 5.13. The van der Waals surface area contributed by atoms with Gasteiger partial charge in [-0.25, -0.2) is 13.6 Å². The molecule has 0 radical (unpaired) electrons. The van der Waals surface area contributed by atoms with Crippen LogP contribution in [0.5, 0.6) is 0 Å². The smallest absolute Gasteiger partial charge is 0.238 e. The molecule has 0 aliphatic rings. The van der Waals surface area contributed by atoms with Crippen molar-refractivity contribution in [1.29, 1.82) is 0 Å². The minimum Gasteiger partial charge on any atom is -0.324 e. The third-order valence-corrected chi connectivity index (χ3v) is 3.87. The SMILES string of the molecule is CC(N)c1cccc(S(N)(=O)=O)c1-c1ccccc1. The molecule has 19 heavy (non-hydrogen) atoms. The number of hydrogen-bond donors (Lipinski definition) is 2. The van der Waals surface area contributed by atoms with Crippen LogP contribution in [0.2, 0.25) is 0 Å². The first kappa shape index (κ1) is 13.7. The highest BCUT2D eigenvalue weighted by Gasteiger charge is 2.19. The molecule has 0 saturated heterocycles. The zero-order valence-corrected chi connectivity index (χ0v) is 11.4. The summed E-state index contributed by atoms with van der Waals surface area (Å²) in [5, 5.41) is 5.30. The topological polar surface area (TPSA) is 86.2 Å². The van der Waals surface area contributed by atoms with Crippen molar-refractivity contribution in [2.45, 2.75) is 17.9 Å². The van der Waals surface area contributed by atoms with E-state index in [2.05, 4.69) is 0 Å². The van der Waals surface area contributed by atoms with E-state index in [0.717, 1.165) is 11.1 Å². The molecule has 0 aromatic heterocycles. The minimum atomic E-state index is -3.79. The second-order valence-corrected chi connectivity index (χ2v) is 5.95. The van der Waals surface area contributed by atoms with Crippen LogP contribution in [0.3, 0.4) is 0 Å². The Bertz CT molecular complexity index is 680. The van der Waals surface area contributed by atoms with E-state index < -0.39 is 10.0 Å². The van der Waals surface area contributed by atoms with Gasteiger partial charge in [-0.3, -0.25) is 0 Å². The van der Waals surface area contributed by atoms with E-state index in [-0.39, 0.29) is 10.9 Å². The molecule has 4 nitrogen and oxygen atoms in total. The number of primary sulfonamides is 1. The van der Waals surface area contributed by atoms with Crippen molar-refractivity contribution in [3.8, 4) is 11.1 Å². The van der Waals surface area contributed by atoms with Crippen molar-refractivity contribution < 1.29 is 8.42 Å². The van der Waals surface area contributed by atoms with E-state index >= 15 is 0 Å². The first-order valence-electron chi connectivity index (χ1n) is 5.88. The monoisotopic (exact) mass is 276 g/mol. The summed E-state index contributed by atoms with van der Waals surface area (Å²) in [5.74, 6) is 0. The summed E-state index contributed by atoms with van der Waals surface area (Å²) < 4.78 is 23.5. The van der Waals surface area contributed by atoms with E-state index in [1.807, 2.05) is 43.3 Å². The van der Waals surface area contributed by atoms with Crippen LogP contribution in [0.4, 0.5) is 0 Å². The lowest BCUT2D eigenvalue weighted by Crippen LogP contribution is -2.16. The van der Waals surface area contributed by atoms with Crippen LogP contribution < -0.4 is 10.9 Å². The van der Waals surface area contributed by atoms with Gasteiger partial charge in [0.1, 0.15) is 0 Å². The molecule has 0 heterocycles. The van der Waals surface area contributed by atoms with Crippen molar-refractivity contribution in [2.24, 2.45) is 10.9 Å². The highest BCUT2D eigenvalue weighted by molar-refractivity contribution is 7.89. The maximum atomic E-state index is 11.7. The highest BCUT2D eigenvalue weighted by Crippen LogP contribution is 2.32. The van der Waals surface area contributed by atoms with Gasteiger partial charge in [0.25, 0.3) is 0 Å². The second-order valence-electron chi connectivity index (χ2n) is 4.42. The van der Waals surface area contributed by atoms with Crippen molar-refractivity contribution in [3.63, 3.8) is 0 Å². The molecule has 1 atom stereocenters. The Balaban J connectivity index is 2.82. The summed E-state index contributed by atoms with van der Waals surface area (Å²) in [7, 11) is -3.79. The molecule has 4 N–H and O–H groups in total. The zero-order chi connectivity index (χ0) is 14.0. The molecule has 2 aromatic carbocycles. The Morgan fingerprint density at radius 2 is 1.63 bits per heavy atom. The van der Waals surface area contributed by atoms with E-state index in [0.29, 0.717) is 5.56 Å². The highest BCUT2D eigenvalue weighted by atomic mass is 32.2. The van der Waals surface area contributed by atoms with E-state index in [1.165, 1.54) is 6.07 Å². The fourth-order valence-electron chi connectivity index (χ4n) is 2.08. The number of benzene rings is 2. The Morgan fingerprint density at radius 3 is 2.16 bits per heavy atom. The van der Waals surface area contributed by atoms with Gasteiger partial charge in [0.15, 0.2) is 0 Å². The van der Waals surface area contributed by atoms with E-state index in [9.17, 15) is 8.42 Å². The van der Waals surface area contributed by atoms with Crippen LogP contribution in [0.1, 0.15) is 18.5 Å². The lowest BCUT2D eigenvalue weighted by molar-refractivity contribution is 0.598. The molecule has 2 rings (SSSR count). The van der Waals surface area contributed by atoms with Gasteiger partial charge in [-0.1, -0.05) is 42.5 Å². The van der Waals surface area contributed by atoms with Crippen molar-refractivity contribution in [1.82, 2.24) is 0 Å². The van der Waals surface area contributed by atoms with Gasteiger partial charge in [0.2, 0.25) is 10.0 Å². The fraction of sp³-hybridized carbons (Fsp3) is 0.143. The van der Waals surface area contributed by atoms with Gasteiger partial charge in [-0.2, -0.15) is 0 Å². The Hall–Kier alpha value is -1.69. The van der Waals surface area contributed by atoms with Crippen LogP contribution in [0.15, 0.2) is 53.4 Å². The first-order chi connectivity index (χ1) is 8.91. The minimum absolute atomic E-state index is 0.105. The van der Waals surface area contributed by atoms with Crippen LogP contribution in [0.25, 0.3) is 11.1 Å². The predicted molar refractivity (Wildman–Crippen MR) is 75.9 cm³/mol. The first-order valence-corrected chi connectivity index (χ1v) is 7.42. The molecule has 0 bridgehead atoms. The molecule has 5 heteroatoms. The molecule has 0 aliphatic heterocycles. The standard InChI is InChI=1S/C14H16N2O2S/c1-10(15)12-8-5-9-13(19(16,17)18)14(12)11-6-3-2-4-7-11/h2-10H,15H2,1H3,(H2,16,17,18). The van der Waals surface area contributed by atoms with Crippen LogP contribution in [0, 0.1) is 0 Å². The molecule has 0 amide bonds. The van der Waals surface area contributed by atoms with Gasteiger partial charge >= 0.3 is 0 Å². The van der Waals surface area contributed by atoms with Gasteiger partial charge in [0.05, 0.1) is 4.90 Å². The summed E-state index contributed by atoms with van der Waals surface area (Å²) in [5.41, 5.74) is 8.07. The normalized spacial score (nSPS) is 13.2. The molecule has 100 valence electrons. The number of sulfonamides is 1. The zero-order valence-electron chi connectivity index (χ0n) is 10.6. The third-order valence-electron chi connectivity index (χ3n) is 2.92. The molecular formula is C14H16N2O2S. The van der Waals surface area contributed by atoms with Gasteiger partial charge in [0, 0.05) is 11.6 Å². The average Bonchev–Trinajstić information content (AvgIpc) is 2.37. The van der Waals surface area contributed by atoms with E-state index in [4.69, 9.17) is 10.9 Å². The van der Waals surface area contributed by atoms with Gasteiger partial charge in [-0.15, -0.1) is 0 Å². The quantitative estimate of drug-likeness (QED) is 0.899. The Kier molecular flexibility index (Phi) is 3.71. The summed E-state index contributed by atoms with van der Waals surface area (Å²) in [4.78, 5) is 0.105. The molecule has 2 aromatic rings. The summed E-state index contributed by atoms with van der Waals surface area (Å²) in [6.45, 7) is 1.81. The number of nitrogens with two attached hydrogens (primary N) is 2. The number of rotatable bonds is 3. The predicted octanol–water partition coefficient (Wildman–Crippen LogP) is 2.02. The molecule has 0 aliphatic carbocycles. The third kappa shape index (κ3) is 2.84. The lowest BCUT2D eigenvalue weighted by atomic mass is 9.96. The number of hydrogen-bond acceptors (Lipinski definition) is 3. The van der Waals surface area contributed by atoms with Crippen LogP contribution >= 0.6 is 0 Å². The van der Waals surface area contributed by atoms with Crippen molar-refractivity contribution in [3.05, 3.63) is 54.1 Å². The maximum absolute atomic E-state index is 11.7. The Labute approximate surface area is 113 Å². The Morgan fingerprint density at radius 1 is 1.00 bits per heavy atom. The van der Waals surface area contributed by atoms with Gasteiger partial charge < -0.3 is 5.73 Å².